The molecular weight excluding hydrogens is 427 g/mol. The fraction of sp³-hybridized carbons (Fsp3) is 0.722. The first-order valence-electron chi connectivity index (χ1n) is 8.92. The summed E-state index contributed by atoms with van der Waals surface area (Å²) >= 11 is 0. The van der Waals surface area contributed by atoms with Crippen LogP contribution in [0.2, 0.25) is 0 Å². The van der Waals surface area contributed by atoms with Gasteiger partial charge in [0.25, 0.3) is 0 Å². The van der Waals surface area contributed by atoms with E-state index in [0.29, 0.717) is 13.1 Å². The van der Waals surface area contributed by atoms with Gasteiger partial charge in [-0.1, -0.05) is 32.8 Å². The van der Waals surface area contributed by atoms with E-state index in [1.807, 2.05) is 24.6 Å². The molecule has 1 saturated carbocycles. The van der Waals surface area contributed by atoms with Gasteiger partial charge in [0.1, 0.15) is 12.4 Å². The molecule has 0 aliphatic heterocycles. The average Bonchev–Trinajstić information content (AvgIpc) is 3.20. The fourth-order valence-electron chi connectivity index (χ4n) is 3.24. The quantitative estimate of drug-likeness (QED) is 0.284. The van der Waals surface area contributed by atoms with Crippen LogP contribution < -0.4 is 10.6 Å². The number of hydrogen-bond donors (Lipinski definition) is 2. The van der Waals surface area contributed by atoms with Crippen molar-refractivity contribution in [2.75, 3.05) is 13.1 Å². The molecule has 1 aromatic heterocycles. The summed E-state index contributed by atoms with van der Waals surface area (Å²) in [7, 11) is 1.97. The van der Waals surface area contributed by atoms with Crippen molar-refractivity contribution in [2.45, 2.75) is 53.0 Å². The molecule has 0 saturated heterocycles. The zero-order valence-corrected chi connectivity index (χ0v) is 18.3. The van der Waals surface area contributed by atoms with Crippen molar-refractivity contribution >= 4 is 29.9 Å². The van der Waals surface area contributed by atoms with Gasteiger partial charge in [0.15, 0.2) is 11.8 Å². The highest BCUT2D eigenvalue weighted by Crippen LogP contribution is 2.38. The molecule has 0 spiro atoms. The minimum Gasteiger partial charge on any atom is -0.356 e. The van der Waals surface area contributed by atoms with E-state index in [1.165, 1.54) is 25.7 Å². The minimum absolute atomic E-state index is 0. The summed E-state index contributed by atoms with van der Waals surface area (Å²) in [5.74, 6) is 3.37. The molecule has 0 radical (unpaired) electrons. The second-order valence-electron chi connectivity index (χ2n) is 7.38. The predicted octanol–water partition coefficient (Wildman–Crippen LogP) is 3.18. The maximum Gasteiger partial charge on any atom is 0.191 e. The largest absolute Gasteiger partial charge is 0.356 e. The van der Waals surface area contributed by atoms with Crippen molar-refractivity contribution in [3.8, 4) is 0 Å². The van der Waals surface area contributed by atoms with Crippen LogP contribution in [-0.2, 0) is 13.6 Å². The van der Waals surface area contributed by atoms with E-state index in [4.69, 9.17) is 0 Å². The lowest BCUT2D eigenvalue weighted by Gasteiger charge is -2.32. The number of nitrogens with zero attached hydrogens (tertiary/aromatic N) is 4. The maximum absolute atomic E-state index is 4.66. The molecule has 1 aromatic rings. The molecule has 1 aliphatic carbocycles. The third kappa shape index (κ3) is 6.27. The first-order valence-corrected chi connectivity index (χ1v) is 8.92. The summed E-state index contributed by atoms with van der Waals surface area (Å²) in [6.45, 7) is 12.5. The highest BCUT2D eigenvalue weighted by molar-refractivity contribution is 14.0. The van der Waals surface area contributed by atoms with Gasteiger partial charge in [-0.05, 0) is 31.1 Å². The Morgan fingerprint density at radius 3 is 2.56 bits per heavy atom. The minimum atomic E-state index is 0. The molecule has 7 heteroatoms. The predicted molar refractivity (Wildman–Crippen MR) is 114 cm³/mol. The van der Waals surface area contributed by atoms with E-state index in [1.54, 1.807) is 0 Å². The van der Waals surface area contributed by atoms with Crippen molar-refractivity contribution < 1.29 is 0 Å². The van der Waals surface area contributed by atoms with Crippen LogP contribution >= 0.6 is 24.0 Å². The van der Waals surface area contributed by atoms with Crippen LogP contribution in [0, 0.1) is 18.3 Å². The van der Waals surface area contributed by atoms with Gasteiger partial charge >= 0.3 is 0 Å². The molecule has 2 rings (SSSR count). The molecular formula is C18H33IN6. The summed E-state index contributed by atoms with van der Waals surface area (Å²) < 4.78 is 1.97. The topological polar surface area (TPSA) is 67.1 Å². The SMILES string of the molecule is C=CCNC(=NCc1nnc(C)n1C)NCC(C)(C)C1CCCC1.I. The van der Waals surface area contributed by atoms with Crippen LogP contribution in [0.1, 0.15) is 51.2 Å². The van der Waals surface area contributed by atoms with Crippen LogP contribution in [0.4, 0.5) is 0 Å². The Labute approximate surface area is 169 Å². The average molecular weight is 460 g/mol. The lowest BCUT2D eigenvalue weighted by atomic mass is 9.78. The molecule has 0 amide bonds. The normalized spacial score (nSPS) is 15.8. The Balaban J connectivity index is 0.00000312. The van der Waals surface area contributed by atoms with Crippen molar-refractivity contribution in [3.63, 3.8) is 0 Å². The van der Waals surface area contributed by atoms with Crippen molar-refractivity contribution in [2.24, 2.45) is 23.4 Å². The highest BCUT2D eigenvalue weighted by Gasteiger charge is 2.31. The van der Waals surface area contributed by atoms with E-state index >= 15 is 0 Å². The van der Waals surface area contributed by atoms with E-state index in [2.05, 4.69) is 46.2 Å². The molecule has 1 fully saturated rings. The molecule has 0 atom stereocenters. The smallest absolute Gasteiger partial charge is 0.191 e. The monoisotopic (exact) mass is 460 g/mol. The van der Waals surface area contributed by atoms with Gasteiger partial charge < -0.3 is 15.2 Å². The Morgan fingerprint density at radius 1 is 1.32 bits per heavy atom. The number of guanidine groups is 1. The fourth-order valence-corrected chi connectivity index (χ4v) is 3.24. The number of aromatic nitrogens is 3. The number of aryl methyl sites for hydroxylation is 1. The number of halogens is 1. The van der Waals surface area contributed by atoms with Crippen molar-refractivity contribution in [3.05, 3.63) is 24.3 Å². The van der Waals surface area contributed by atoms with Gasteiger partial charge in [-0.25, -0.2) is 4.99 Å². The third-order valence-corrected chi connectivity index (χ3v) is 5.15. The van der Waals surface area contributed by atoms with E-state index in [9.17, 15) is 0 Å². The second-order valence-corrected chi connectivity index (χ2v) is 7.38. The summed E-state index contributed by atoms with van der Waals surface area (Å²) in [4.78, 5) is 4.66. The molecule has 25 heavy (non-hydrogen) atoms. The van der Waals surface area contributed by atoms with E-state index in [0.717, 1.165) is 30.1 Å². The van der Waals surface area contributed by atoms with Crippen molar-refractivity contribution in [1.29, 1.82) is 0 Å². The molecule has 0 bridgehead atoms. The molecule has 0 unspecified atom stereocenters. The zero-order chi connectivity index (χ0) is 17.6. The Hall–Kier alpha value is -1.12. The lowest BCUT2D eigenvalue weighted by molar-refractivity contribution is 0.218. The molecule has 6 nitrogen and oxygen atoms in total. The molecule has 0 aromatic carbocycles. The Kier molecular flexibility index (Phi) is 8.88. The number of aliphatic imine (C=N–C) groups is 1. The summed E-state index contributed by atoms with van der Waals surface area (Å²) in [5.41, 5.74) is 0.272. The van der Waals surface area contributed by atoms with Crippen LogP contribution in [0.25, 0.3) is 0 Å². The van der Waals surface area contributed by atoms with Crippen LogP contribution in [0.15, 0.2) is 17.6 Å². The van der Waals surface area contributed by atoms with Gasteiger partial charge in [-0.3, -0.25) is 0 Å². The van der Waals surface area contributed by atoms with Gasteiger partial charge in [-0.15, -0.1) is 40.8 Å². The first kappa shape index (κ1) is 21.9. The first-order chi connectivity index (χ1) is 11.4. The Bertz CT molecular complexity index is 572. The molecule has 142 valence electrons. The van der Waals surface area contributed by atoms with E-state index in [-0.39, 0.29) is 29.4 Å². The van der Waals surface area contributed by atoms with Gasteiger partial charge in [0.05, 0.1) is 0 Å². The summed E-state index contributed by atoms with van der Waals surface area (Å²) in [6.07, 6.45) is 7.27. The number of nitrogens with one attached hydrogen (secondary N) is 2. The Morgan fingerprint density at radius 2 is 2.00 bits per heavy atom. The van der Waals surface area contributed by atoms with Crippen molar-refractivity contribution in [1.82, 2.24) is 25.4 Å². The number of rotatable bonds is 7. The van der Waals surface area contributed by atoms with Gasteiger partial charge in [-0.2, -0.15) is 0 Å². The zero-order valence-electron chi connectivity index (χ0n) is 16.0. The van der Waals surface area contributed by atoms with E-state index < -0.39 is 0 Å². The second kappa shape index (κ2) is 10.1. The van der Waals surface area contributed by atoms with Gasteiger partial charge in [0, 0.05) is 20.1 Å². The number of hydrogen-bond acceptors (Lipinski definition) is 3. The summed E-state index contributed by atoms with van der Waals surface area (Å²) in [6, 6.07) is 0. The van der Waals surface area contributed by atoms with Crippen LogP contribution in [-0.4, -0.2) is 33.8 Å². The maximum atomic E-state index is 4.66. The lowest BCUT2D eigenvalue weighted by Crippen LogP contribution is -2.44. The van der Waals surface area contributed by atoms with Gasteiger partial charge in [0.2, 0.25) is 0 Å². The summed E-state index contributed by atoms with van der Waals surface area (Å²) in [5, 5.41) is 15.0. The molecule has 1 heterocycles. The highest BCUT2D eigenvalue weighted by atomic mass is 127. The molecule has 1 aliphatic rings. The third-order valence-electron chi connectivity index (χ3n) is 5.15. The van der Waals surface area contributed by atoms with Crippen LogP contribution in [0.3, 0.4) is 0 Å². The van der Waals surface area contributed by atoms with Crippen LogP contribution in [0.5, 0.6) is 0 Å². The standard InChI is InChI=1S/C18H32N6.HI/c1-6-11-19-17(20-12-16-23-22-14(2)24(16)5)21-13-18(3,4)15-9-7-8-10-15;/h6,15H,1,7-13H2,2-5H3,(H2,19,20,21);1H. The molecule has 2 N–H and O–H groups in total.